The molecule has 0 unspecified atom stereocenters. The maximum Gasteiger partial charge on any atom is 0.0861 e. The fourth-order valence-electron chi connectivity index (χ4n) is 2.27. The summed E-state index contributed by atoms with van der Waals surface area (Å²) in [6, 6.07) is 32.7. The van der Waals surface area contributed by atoms with Gasteiger partial charge in [-0.05, 0) is 24.3 Å². The zero-order chi connectivity index (χ0) is 14.3. The van der Waals surface area contributed by atoms with E-state index in [1.54, 1.807) is 0 Å². The van der Waals surface area contributed by atoms with Crippen molar-refractivity contribution >= 4 is 33.2 Å². The van der Waals surface area contributed by atoms with Gasteiger partial charge in [0.25, 0.3) is 0 Å². The number of hydrogen-bond donors (Lipinski definition) is 0. The maximum absolute atomic E-state index is 2.27. The van der Waals surface area contributed by atoms with Crippen LogP contribution in [0.5, 0.6) is 0 Å². The number of rotatable bonds is 5. The lowest BCUT2D eigenvalue weighted by Gasteiger charge is -2.18. The molecule has 0 amide bonds. The topological polar surface area (TPSA) is 0 Å². The summed E-state index contributed by atoms with van der Waals surface area (Å²) in [6.45, 7) is 0. The SMILES string of the molecule is c1ccc([Si]CP(c2ccccc2)c2ccccc2)cc1. The lowest BCUT2D eigenvalue weighted by Crippen LogP contribution is -2.23. The molecule has 21 heavy (non-hydrogen) atoms. The first-order valence-corrected chi connectivity index (χ1v) is 9.83. The van der Waals surface area contributed by atoms with Gasteiger partial charge in [0.15, 0.2) is 0 Å². The van der Waals surface area contributed by atoms with Crippen LogP contribution in [-0.4, -0.2) is 15.3 Å². The van der Waals surface area contributed by atoms with Crippen molar-refractivity contribution in [3.8, 4) is 0 Å². The van der Waals surface area contributed by atoms with E-state index < -0.39 is 0 Å². The maximum atomic E-state index is 2.27. The molecule has 0 saturated carbocycles. The highest BCUT2D eigenvalue weighted by Crippen LogP contribution is 2.32. The first-order valence-electron chi connectivity index (χ1n) is 7.10. The van der Waals surface area contributed by atoms with Crippen LogP contribution in [0.2, 0.25) is 0 Å². The van der Waals surface area contributed by atoms with Gasteiger partial charge in [-0.3, -0.25) is 0 Å². The van der Waals surface area contributed by atoms with Gasteiger partial charge in [0.2, 0.25) is 0 Å². The summed E-state index contributed by atoms with van der Waals surface area (Å²) in [5.41, 5.74) is 0. The Kier molecular flexibility index (Phi) is 4.99. The molecule has 0 aliphatic rings. The number of benzene rings is 3. The molecular formula is C19H17PSi. The smallest absolute Gasteiger partial charge is 0.0638 e. The quantitative estimate of drug-likeness (QED) is 0.502. The van der Waals surface area contributed by atoms with Crippen LogP contribution in [0, 0.1) is 0 Å². The van der Waals surface area contributed by atoms with Crippen molar-refractivity contribution in [2.75, 3.05) is 5.79 Å². The third-order valence-electron chi connectivity index (χ3n) is 3.35. The van der Waals surface area contributed by atoms with Crippen LogP contribution in [0.15, 0.2) is 91.0 Å². The second-order valence-corrected chi connectivity index (χ2v) is 8.88. The van der Waals surface area contributed by atoms with Gasteiger partial charge in [-0.1, -0.05) is 96.2 Å². The van der Waals surface area contributed by atoms with Gasteiger partial charge in [0.05, 0.1) is 9.52 Å². The molecule has 0 fully saturated rings. The lowest BCUT2D eigenvalue weighted by molar-refractivity contribution is 1.74. The largest absolute Gasteiger partial charge is 0.0861 e. The molecule has 0 aromatic heterocycles. The molecule has 3 aromatic carbocycles. The van der Waals surface area contributed by atoms with Gasteiger partial charge >= 0.3 is 0 Å². The highest BCUT2D eigenvalue weighted by atomic mass is 31.1. The van der Waals surface area contributed by atoms with Crippen LogP contribution in [0.3, 0.4) is 0 Å². The lowest BCUT2D eigenvalue weighted by atomic mass is 10.4. The summed E-state index contributed by atoms with van der Waals surface area (Å²) in [5.74, 6) is 1.23. The highest BCUT2D eigenvalue weighted by molar-refractivity contribution is 7.74. The van der Waals surface area contributed by atoms with Gasteiger partial charge in [-0.15, -0.1) is 0 Å². The van der Waals surface area contributed by atoms with Crippen LogP contribution in [0.25, 0.3) is 0 Å². The molecule has 3 rings (SSSR count). The molecule has 0 spiro atoms. The summed E-state index contributed by atoms with van der Waals surface area (Å²) in [5, 5.41) is 4.40. The molecule has 0 aliphatic carbocycles. The Hall–Kier alpha value is -1.69. The van der Waals surface area contributed by atoms with E-state index in [4.69, 9.17) is 0 Å². The van der Waals surface area contributed by atoms with Crippen LogP contribution < -0.4 is 15.8 Å². The van der Waals surface area contributed by atoms with Gasteiger partial charge < -0.3 is 0 Å². The molecule has 0 atom stereocenters. The van der Waals surface area contributed by atoms with Crippen LogP contribution in [0.1, 0.15) is 0 Å². The molecule has 3 aromatic rings. The molecule has 0 bridgehead atoms. The van der Waals surface area contributed by atoms with Crippen molar-refractivity contribution in [3.05, 3.63) is 91.0 Å². The predicted molar refractivity (Wildman–Crippen MR) is 95.8 cm³/mol. The molecule has 2 heteroatoms. The van der Waals surface area contributed by atoms with E-state index in [0.717, 1.165) is 9.52 Å². The predicted octanol–water partition coefficient (Wildman–Crippen LogP) is 3.11. The monoisotopic (exact) mass is 304 g/mol. The Morgan fingerprint density at radius 3 is 1.48 bits per heavy atom. The van der Waals surface area contributed by atoms with Crippen LogP contribution in [0.4, 0.5) is 0 Å². The fourth-order valence-corrected chi connectivity index (χ4v) is 6.89. The van der Waals surface area contributed by atoms with E-state index in [9.17, 15) is 0 Å². The third kappa shape index (κ3) is 3.91. The highest BCUT2D eigenvalue weighted by Gasteiger charge is 2.13. The van der Waals surface area contributed by atoms with Crippen molar-refractivity contribution < 1.29 is 0 Å². The third-order valence-corrected chi connectivity index (χ3v) is 7.83. The van der Waals surface area contributed by atoms with E-state index in [-0.39, 0.29) is 7.92 Å². The van der Waals surface area contributed by atoms with Crippen molar-refractivity contribution in [3.63, 3.8) is 0 Å². The Balaban J connectivity index is 1.83. The normalized spacial score (nSPS) is 10.7. The fraction of sp³-hybridized carbons (Fsp3) is 0.0526. The average Bonchev–Trinajstić information content (AvgIpc) is 2.58. The summed E-state index contributed by atoms with van der Waals surface area (Å²) in [6.07, 6.45) is 0. The number of hydrogen-bond acceptors (Lipinski definition) is 0. The Morgan fingerprint density at radius 2 is 1.00 bits per heavy atom. The van der Waals surface area contributed by atoms with E-state index in [1.165, 1.54) is 21.6 Å². The van der Waals surface area contributed by atoms with Crippen molar-refractivity contribution in [1.82, 2.24) is 0 Å². The molecule has 0 nitrogen and oxygen atoms in total. The summed E-state index contributed by atoms with van der Waals surface area (Å²) >= 11 is 0. The molecule has 0 heterocycles. The van der Waals surface area contributed by atoms with Gasteiger partial charge in [0, 0.05) is 0 Å². The summed E-state index contributed by atoms with van der Waals surface area (Å²) in [7, 11) is 0.602. The molecule has 2 radical (unpaired) electrons. The summed E-state index contributed by atoms with van der Waals surface area (Å²) in [4.78, 5) is 0. The molecule has 0 N–H and O–H groups in total. The van der Waals surface area contributed by atoms with Crippen LogP contribution >= 0.6 is 7.92 Å². The first kappa shape index (κ1) is 14.3. The average molecular weight is 304 g/mol. The van der Waals surface area contributed by atoms with Crippen molar-refractivity contribution in [2.24, 2.45) is 0 Å². The second kappa shape index (κ2) is 7.35. The molecular weight excluding hydrogens is 287 g/mol. The van der Waals surface area contributed by atoms with Gasteiger partial charge in [0.1, 0.15) is 0 Å². The van der Waals surface area contributed by atoms with E-state index in [2.05, 4.69) is 91.0 Å². The minimum absolute atomic E-state index is 0.262. The summed E-state index contributed by atoms with van der Waals surface area (Å²) < 4.78 is 0. The Morgan fingerprint density at radius 1 is 0.571 bits per heavy atom. The first-order chi connectivity index (χ1) is 10.4. The molecule has 0 saturated heterocycles. The Labute approximate surface area is 130 Å². The standard InChI is InChI=1S/C19H17PSi/c1-4-10-17(11-5-1)20(18-12-6-2-7-13-18)16-21-19-14-8-3-9-15-19/h1-15H,16H2. The van der Waals surface area contributed by atoms with Crippen LogP contribution in [-0.2, 0) is 0 Å². The van der Waals surface area contributed by atoms with E-state index >= 15 is 0 Å². The molecule has 0 aliphatic heterocycles. The van der Waals surface area contributed by atoms with E-state index in [0.29, 0.717) is 0 Å². The zero-order valence-corrected chi connectivity index (χ0v) is 13.7. The van der Waals surface area contributed by atoms with Gasteiger partial charge in [-0.2, -0.15) is 0 Å². The van der Waals surface area contributed by atoms with Crippen molar-refractivity contribution in [2.45, 2.75) is 0 Å². The minimum atomic E-state index is -0.262. The Bertz CT molecular complexity index is 613. The van der Waals surface area contributed by atoms with Gasteiger partial charge in [-0.25, -0.2) is 0 Å². The zero-order valence-electron chi connectivity index (χ0n) is 11.8. The second-order valence-electron chi connectivity index (χ2n) is 4.80. The van der Waals surface area contributed by atoms with E-state index in [1.807, 2.05) is 0 Å². The van der Waals surface area contributed by atoms with Crippen molar-refractivity contribution in [1.29, 1.82) is 0 Å². The minimum Gasteiger partial charge on any atom is -0.0638 e. The molecule has 102 valence electrons.